The van der Waals surface area contributed by atoms with Crippen molar-refractivity contribution in [2.45, 2.75) is 98.2 Å². The first-order valence-electron chi connectivity index (χ1n) is 23.7. The van der Waals surface area contributed by atoms with Crippen molar-refractivity contribution in [3.8, 4) is 0 Å². The molecule has 82 heavy (non-hydrogen) atoms. The number of ether oxygens (including phenoxy) is 4. The minimum Gasteiger partial charge on any atom is -0.394 e. The Morgan fingerprint density at radius 3 is 1.61 bits per heavy atom. The number of rotatable bonds is 20. The van der Waals surface area contributed by atoms with Crippen molar-refractivity contribution in [3.05, 3.63) is 85.2 Å². The Morgan fingerprint density at radius 2 is 1.05 bits per heavy atom. The maximum atomic E-state index is 14.0. The summed E-state index contributed by atoms with van der Waals surface area (Å²) >= 11 is 0. The second kappa shape index (κ2) is 22.8. The summed E-state index contributed by atoms with van der Waals surface area (Å²) in [5.74, 6) is -0.656. The van der Waals surface area contributed by atoms with Crippen LogP contribution >= 0.6 is 23.5 Å². The third-order valence-electron chi connectivity index (χ3n) is 13.1. The number of phosphoric acid groups is 3. The van der Waals surface area contributed by atoms with Crippen molar-refractivity contribution in [1.29, 1.82) is 0 Å². The molecule has 0 bridgehead atoms. The van der Waals surface area contributed by atoms with Crippen LogP contribution < -0.4 is 39.7 Å². The maximum Gasteiger partial charge on any atom is 0.472 e. The quantitative estimate of drug-likeness (QED) is 0.0316. The molecule has 4 fully saturated rings. The molecule has 44 heteroatoms. The van der Waals surface area contributed by atoms with Crippen LogP contribution in [-0.2, 0) is 59.8 Å². The molecule has 19 unspecified atom stereocenters. The van der Waals surface area contributed by atoms with E-state index in [0.717, 1.165) is 51.1 Å². The summed E-state index contributed by atoms with van der Waals surface area (Å²) in [6.45, 7) is -4.46. The average Bonchev–Trinajstić information content (AvgIpc) is 4.33. The van der Waals surface area contributed by atoms with Crippen molar-refractivity contribution < 1.29 is 105 Å². The number of aromatic nitrogens is 12. The smallest absolute Gasteiger partial charge is 0.394 e. The predicted octanol–water partition coefficient (Wildman–Crippen LogP) is -6.59. The number of nitrogens with two attached hydrogens (primary N) is 3. The van der Waals surface area contributed by atoms with E-state index in [1.807, 2.05) is 4.98 Å². The standard InChI is InChI=1S/C38H48N15O26P3/c39-16-1-3-50(37(62)46-16)32-21(57)20(56)13(74-32)6-70-80(64,65)79-27-15(76-34(24(27)60)52-10-44-18-28(40)42-9-43-29(18)52)8-72-82(68,69)78-26-14(75-33(23(26)59)51-4-2-17(55)47-38(51)63)7-71-81(66,67)77-25-12(5-54)73-35(22(25)58)53-11-45-19-30(53)48-36(41)49-31(19)61/h1-4,9-15,20-27,32-35,54,56-60H,5-8H2,(H,64,65)(H,66,67)(H,68,69)(H2,39,46,62)(H2,40,42,43)(H,47,55,63)(H3,41,48,49,61). The van der Waals surface area contributed by atoms with Gasteiger partial charge < -0.3 is 81.5 Å². The van der Waals surface area contributed by atoms with Crippen molar-refractivity contribution in [1.82, 2.24) is 58.1 Å². The van der Waals surface area contributed by atoms with E-state index in [1.165, 1.54) is 6.07 Å². The fourth-order valence-electron chi connectivity index (χ4n) is 9.24. The van der Waals surface area contributed by atoms with Gasteiger partial charge in [-0.05, 0) is 6.07 Å². The molecule has 19 atom stereocenters. The van der Waals surface area contributed by atoms with Gasteiger partial charge in [-0.25, -0.2) is 43.2 Å². The summed E-state index contributed by atoms with van der Waals surface area (Å²) < 4.78 is 98.9. The number of hydrogen-bond acceptors (Lipinski definition) is 32. The number of H-pyrrole nitrogens is 2. The first-order valence-corrected chi connectivity index (χ1v) is 28.1. The zero-order chi connectivity index (χ0) is 58.9. The lowest BCUT2D eigenvalue weighted by Crippen LogP contribution is -2.39. The molecule has 446 valence electrons. The number of hydrogen-bond donors (Lipinski definition) is 14. The van der Waals surface area contributed by atoms with Crippen molar-refractivity contribution in [2.75, 3.05) is 43.6 Å². The molecule has 4 saturated heterocycles. The summed E-state index contributed by atoms with van der Waals surface area (Å²) in [5, 5.41) is 66.0. The lowest BCUT2D eigenvalue weighted by atomic mass is 10.1. The monoisotopic (exact) mass is 1220 g/mol. The molecule has 0 spiro atoms. The molecular formula is C38H48N15O26P3. The second-order valence-corrected chi connectivity index (χ2v) is 22.5. The minimum atomic E-state index is -5.73. The van der Waals surface area contributed by atoms with E-state index in [2.05, 4.69) is 34.9 Å². The van der Waals surface area contributed by atoms with Crippen LogP contribution in [0.1, 0.15) is 24.9 Å². The Morgan fingerprint density at radius 1 is 0.561 bits per heavy atom. The molecule has 0 aromatic carbocycles. The van der Waals surface area contributed by atoms with Crippen LogP contribution in [0.2, 0.25) is 0 Å². The number of phosphoric ester groups is 3. The van der Waals surface area contributed by atoms with Gasteiger partial charge in [0.15, 0.2) is 47.5 Å². The highest BCUT2D eigenvalue weighted by Gasteiger charge is 2.55. The van der Waals surface area contributed by atoms with E-state index >= 15 is 0 Å². The predicted molar refractivity (Wildman–Crippen MR) is 261 cm³/mol. The van der Waals surface area contributed by atoms with Crippen molar-refractivity contribution in [3.63, 3.8) is 0 Å². The molecule has 0 amide bonds. The molecule has 6 aromatic heterocycles. The summed E-state index contributed by atoms with van der Waals surface area (Å²) in [6, 6.07) is 2.01. The van der Waals surface area contributed by atoms with Crippen LogP contribution in [0.3, 0.4) is 0 Å². The Labute approximate surface area is 452 Å². The minimum absolute atomic E-state index is 0.00803. The third kappa shape index (κ3) is 11.7. The van der Waals surface area contributed by atoms with Gasteiger partial charge in [-0.3, -0.25) is 65.0 Å². The lowest BCUT2D eigenvalue weighted by Gasteiger charge is -2.26. The number of aliphatic hydroxyl groups is 6. The first-order chi connectivity index (χ1) is 38.7. The topological polar surface area (TPSA) is 601 Å². The highest BCUT2D eigenvalue weighted by molar-refractivity contribution is 7.48. The number of nitrogen functional groups attached to an aromatic ring is 3. The van der Waals surface area contributed by atoms with E-state index in [9.17, 15) is 78.2 Å². The molecule has 41 nitrogen and oxygen atoms in total. The summed E-state index contributed by atoms with van der Waals surface area (Å²) in [5.41, 5.74) is 12.7. The van der Waals surface area contributed by atoms with Crippen LogP contribution in [0.25, 0.3) is 22.3 Å². The fourth-order valence-corrected chi connectivity index (χ4v) is 12.1. The van der Waals surface area contributed by atoms with E-state index < -0.39 is 171 Å². The van der Waals surface area contributed by atoms with Crippen molar-refractivity contribution >= 4 is 63.4 Å². The Bertz CT molecular complexity index is 3750. The number of aromatic amines is 2. The van der Waals surface area contributed by atoms with Crippen LogP contribution in [0.5, 0.6) is 0 Å². The number of nitrogens with zero attached hydrogens (tertiary/aromatic N) is 10. The van der Waals surface area contributed by atoms with Gasteiger partial charge in [0, 0.05) is 18.5 Å². The largest absolute Gasteiger partial charge is 0.472 e. The number of aliphatic hydroxyl groups excluding tert-OH is 6. The molecular weight excluding hydrogens is 1180 g/mol. The lowest BCUT2D eigenvalue weighted by molar-refractivity contribution is -0.0648. The van der Waals surface area contributed by atoms with Gasteiger partial charge in [-0.1, -0.05) is 0 Å². The molecule has 0 saturated carbocycles. The van der Waals surface area contributed by atoms with E-state index in [-0.39, 0.29) is 39.9 Å². The molecule has 0 aliphatic carbocycles. The highest BCUT2D eigenvalue weighted by atomic mass is 31.2. The molecule has 10 rings (SSSR count). The van der Waals surface area contributed by atoms with Gasteiger partial charge in [0.2, 0.25) is 5.95 Å². The van der Waals surface area contributed by atoms with E-state index in [1.54, 1.807) is 0 Å². The number of fused-ring (bicyclic) bond motifs is 2. The summed E-state index contributed by atoms with van der Waals surface area (Å²) in [7, 11) is -16.8. The van der Waals surface area contributed by atoms with Gasteiger partial charge in [0.25, 0.3) is 11.1 Å². The van der Waals surface area contributed by atoms with Crippen LogP contribution in [-0.4, -0.2) is 203 Å². The Hall–Kier alpha value is -6.21. The normalized spacial score (nSPS) is 32.5. The zero-order valence-corrected chi connectivity index (χ0v) is 43.8. The van der Waals surface area contributed by atoms with Gasteiger partial charge in [0.1, 0.15) is 90.9 Å². The molecule has 0 radical (unpaired) electrons. The number of anilines is 3. The highest BCUT2D eigenvalue weighted by Crippen LogP contribution is 2.54. The number of imidazole rings is 2. The van der Waals surface area contributed by atoms with Crippen LogP contribution in [0, 0.1) is 0 Å². The molecule has 6 aromatic rings. The van der Waals surface area contributed by atoms with Gasteiger partial charge in [0.05, 0.1) is 39.1 Å². The maximum absolute atomic E-state index is 14.0. The first kappa shape index (κ1) is 59.0. The van der Waals surface area contributed by atoms with Crippen LogP contribution in [0.15, 0.2) is 62.7 Å². The summed E-state index contributed by atoms with van der Waals surface area (Å²) in [4.78, 5) is 110. The summed E-state index contributed by atoms with van der Waals surface area (Å²) in [6.07, 6.45) is -25.0. The third-order valence-corrected chi connectivity index (χ3v) is 16.0. The van der Waals surface area contributed by atoms with E-state index in [0.29, 0.717) is 4.57 Å². The molecule has 10 heterocycles. The average molecular weight is 1220 g/mol. The van der Waals surface area contributed by atoms with Crippen molar-refractivity contribution in [2.24, 2.45) is 0 Å². The Balaban J connectivity index is 0.856. The van der Waals surface area contributed by atoms with Gasteiger partial charge in [-0.15, -0.1) is 0 Å². The SMILES string of the molecule is Nc1ccn(C2OC(COP(=O)(O)OC3C(COP(=O)(O)OC4C(COP(=O)(O)OC5C(CO)OC(n6cnc7c(=O)[nH]c(N)nc76)C5O)OC(n5ccc(=O)[nH]c5=O)C4O)OC(n4cnc5c(N)ncnc54)C3O)C(O)C2O)c(=O)n1. The van der Waals surface area contributed by atoms with Gasteiger partial charge >= 0.3 is 34.8 Å². The van der Waals surface area contributed by atoms with Gasteiger partial charge in [-0.2, -0.15) is 9.97 Å². The fraction of sp³-hybridized carbons (Fsp3) is 0.526. The van der Waals surface area contributed by atoms with Crippen LogP contribution in [0.4, 0.5) is 17.6 Å². The Kier molecular flexibility index (Phi) is 16.4. The van der Waals surface area contributed by atoms with E-state index in [4.69, 9.17) is 63.3 Å². The zero-order valence-electron chi connectivity index (χ0n) is 41.1. The number of nitrogens with one attached hydrogen (secondary N) is 2. The second-order valence-electron chi connectivity index (χ2n) is 18.3. The molecule has 4 aliphatic rings. The molecule has 4 aliphatic heterocycles. The molecule has 17 N–H and O–H groups in total.